The fraction of sp³-hybridized carbons (Fsp3) is 0.579. The van der Waals surface area contributed by atoms with Crippen LogP contribution in [0.5, 0.6) is 0 Å². The molecule has 1 amide bonds. The van der Waals surface area contributed by atoms with E-state index in [4.69, 9.17) is 4.74 Å². The number of nitrogens with one attached hydrogen (secondary N) is 1. The molecule has 0 aliphatic rings. The Labute approximate surface area is 158 Å². The van der Waals surface area contributed by atoms with Crippen LogP contribution in [0.15, 0.2) is 17.0 Å². The molecular weight excluding hydrogens is 360 g/mol. The van der Waals surface area contributed by atoms with Gasteiger partial charge >= 0.3 is 5.97 Å². The number of carbonyl (C=O) groups excluding carboxylic acids is 2. The lowest BCUT2D eigenvalue weighted by Crippen LogP contribution is -2.24. The second kappa shape index (κ2) is 10.5. The summed E-state index contributed by atoms with van der Waals surface area (Å²) >= 11 is 0.991. The van der Waals surface area contributed by atoms with Gasteiger partial charge in [0.05, 0.1) is 11.8 Å². The van der Waals surface area contributed by atoms with Crippen LogP contribution in [0.3, 0.4) is 0 Å². The van der Waals surface area contributed by atoms with Crippen molar-refractivity contribution >= 4 is 29.3 Å². The SMILES string of the molecule is CCCC(Sc1cc(NC(=O)C(C)C)c(F)cc1F)C(=O)OC(C)CC. The summed E-state index contributed by atoms with van der Waals surface area (Å²) < 4.78 is 33.5. The minimum Gasteiger partial charge on any atom is -0.462 e. The first-order valence-electron chi connectivity index (χ1n) is 8.86. The third-order valence-corrected chi connectivity index (χ3v) is 5.06. The van der Waals surface area contributed by atoms with Gasteiger partial charge in [-0.05, 0) is 25.8 Å². The molecule has 0 fully saturated rings. The Bertz CT molecular complexity index is 637. The maximum absolute atomic E-state index is 14.2. The largest absolute Gasteiger partial charge is 0.462 e. The highest BCUT2D eigenvalue weighted by molar-refractivity contribution is 8.00. The van der Waals surface area contributed by atoms with E-state index in [1.165, 1.54) is 6.07 Å². The lowest BCUT2D eigenvalue weighted by Gasteiger charge is -2.19. The molecule has 1 aromatic carbocycles. The summed E-state index contributed by atoms with van der Waals surface area (Å²) in [6.45, 7) is 8.97. The number of rotatable bonds is 9. The average molecular weight is 387 g/mol. The van der Waals surface area contributed by atoms with Crippen molar-refractivity contribution in [2.75, 3.05) is 5.32 Å². The van der Waals surface area contributed by atoms with Gasteiger partial charge in [0.2, 0.25) is 5.91 Å². The van der Waals surface area contributed by atoms with Gasteiger partial charge in [0.1, 0.15) is 16.9 Å². The fourth-order valence-corrected chi connectivity index (χ4v) is 3.16. The molecule has 1 N–H and O–H groups in total. The lowest BCUT2D eigenvalue weighted by atomic mass is 10.2. The first kappa shape index (κ1) is 22.4. The van der Waals surface area contributed by atoms with E-state index in [-0.39, 0.29) is 28.5 Å². The van der Waals surface area contributed by atoms with Crippen molar-refractivity contribution in [1.82, 2.24) is 0 Å². The number of esters is 1. The molecule has 0 spiro atoms. The van der Waals surface area contributed by atoms with Crippen molar-refractivity contribution in [1.29, 1.82) is 0 Å². The van der Waals surface area contributed by atoms with Crippen LogP contribution in [-0.4, -0.2) is 23.2 Å². The molecule has 2 unspecified atom stereocenters. The van der Waals surface area contributed by atoms with Crippen molar-refractivity contribution in [2.45, 2.75) is 70.1 Å². The number of amides is 1. The number of hydrogen-bond donors (Lipinski definition) is 1. The molecule has 7 heteroatoms. The minimum atomic E-state index is -0.852. The molecule has 1 aromatic rings. The molecule has 0 bridgehead atoms. The Morgan fingerprint density at radius 1 is 1.15 bits per heavy atom. The Morgan fingerprint density at radius 3 is 2.35 bits per heavy atom. The van der Waals surface area contributed by atoms with Crippen LogP contribution >= 0.6 is 11.8 Å². The Hall–Kier alpha value is -1.63. The molecule has 0 saturated heterocycles. The molecule has 0 aliphatic carbocycles. The van der Waals surface area contributed by atoms with E-state index in [9.17, 15) is 18.4 Å². The second-order valence-electron chi connectivity index (χ2n) is 6.46. The zero-order valence-electron chi connectivity index (χ0n) is 15.9. The van der Waals surface area contributed by atoms with E-state index in [0.717, 1.165) is 17.8 Å². The van der Waals surface area contributed by atoms with Gasteiger partial charge in [-0.25, -0.2) is 8.78 Å². The number of halogens is 2. The van der Waals surface area contributed by atoms with Crippen LogP contribution in [0.4, 0.5) is 14.5 Å². The van der Waals surface area contributed by atoms with E-state index in [0.29, 0.717) is 19.3 Å². The van der Waals surface area contributed by atoms with E-state index in [2.05, 4.69) is 5.32 Å². The first-order valence-corrected chi connectivity index (χ1v) is 9.74. The Kier molecular flexibility index (Phi) is 9.05. The molecule has 0 aromatic heterocycles. The van der Waals surface area contributed by atoms with Crippen LogP contribution in [0.1, 0.15) is 53.9 Å². The maximum atomic E-state index is 14.2. The van der Waals surface area contributed by atoms with Gasteiger partial charge in [-0.15, -0.1) is 11.8 Å². The van der Waals surface area contributed by atoms with Crippen molar-refractivity contribution in [3.63, 3.8) is 0 Å². The van der Waals surface area contributed by atoms with Crippen molar-refractivity contribution < 1.29 is 23.1 Å². The summed E-state index contributed by atoms with van der Waals surface area (Å²) in [7, 11) is 0. The summed E-state index contributed by atoms with van der Waals surface area (Å²) in [6, 6.07) is 1.95. The van der Waals surface area contributed by atoms with Gasteiger partial charge in [0.15, 0.2) is 0 Å². The Morgan fingerprint density at radius 2 is 1.81 bits per heavy atom. The molecule has 0 radical (unpaired) electrons. The number of thioether (sulfide) groups is 1. The van der Waals surface area contributed by atoms with Gasteiger partial charge in [-0.3, -0.25) is 9.59 Å². The molecule has 146 valence electrons. The molecule has 0 saturated carbocycles. The highest BCUT2D eigenvalue weighted by Gasteiger charge is 2.25. The Balaban J connectivity index is 3.03. The molecule has 1 rings (SSSR count). The third kappa shape index (κ3) is 6.59. The fourth-order valence-electron chi connectivity index (χ4n) is 1.99. The van der Waals surface area contributed by atoms with Crippen LogP contribution in [-0.2, 0) is 14.3 Å². The first-order chi connectivity index (χ1) is 12.2. The number of hydrogen-bond acceptors (Lipinski definition) is 4. The quantitative estimate of drug-likeness (QED) is 0.470. The van der Waals surface area contributed by atoms with E-state index < -0.39 is 22.9 Å². The van der Waals surface area contributed by atoms with Crippen molar-refractivity contribution in [2.24, 2.45) is 5.92 Å². The predicted molar refractivity (Wildman–Crippen MR) is 100 cm³/mol. The highest BCUT2D eigenvalue weighted by atomic mass is 32.2. The maximum Gasteiger partial charge on any atom is 0.319 e. The van der Waals surface area contributed by atoms with E-state index in [1.54, 1.807) is 20.8 Å². The van der Waals surface area contributed by atoms with Gasteiger partial charge < -0.3 is 10.1 Å². The van der Waals surface area contributed by atoms with Crippen LogP contribution in [0, 0.1) is 17.6 Å². The smallest absolute Gasteiger partial charge is 0.319 e. The van der Waals surface area contributed by atoms with Crippen LogP contribution in [0.2, 0.25) is 0 Å². The summed E-state index contributed by atoms with van der Waals surface area (Å²) in [5.41, 5.74) is -0.0989. The highest BCUT2D eigenvalue weighted by Crippen LogP contribution is 2.33. The topological polar surface area (TPSA) is 55.4 Å². The summed E-state index contributed by atoms with van der Waals surface area (Å²) in [4.78, 5) is 24.2. The molecule has 26 heavy (non-hydrogen) atoms. The van der Waals surface area contributed by atoms with Gasteiger partial charge in [0.25, 0.3) is 0 Å². The number of ether oxygens (including phenoxy) is 1. The lowest BCUT2D eigenvalue weighted by molar-refractivity contribution is -0.147. The zero-order valence-corrected chi connectivity index (χ0v) is 16.7. The zero-order chi connectivity index (χ0) is 19.9. The molecule has 2 atom stereocenters. The number of anilines is 1. The van der Waals surface area contributed by atoms with Gasteiger partial charge in [-0.2, -0.15) is 0 Å². The van der Waals surface area contributed by atoms with Crippen molar-refractivity contribution in [3.05, 3.63) is 23.8 Å². The minimum absolute atomic E-state index is 0.0989. The number of carbonyl (C=O) groups is 2. The monoisotopic (exact) mass is 387 g/mol. The second-order valence-corrected chi connectivity index (χ2v) is 7.70. The van der Waals surface area contributed by atoms with Gasteiger partial charge in [-0.1, -0.05) is 34.1 Å². The average Bonchev–Trinajstić information content (AvgIpc) is 2.57. The summed E-state index contributed by atoms with van der Waals surface area (Å²) in [5.74, 6) is -2.74. The normalized spacial score (nSPS) is 13.4. The summed E-state index contributed by atoms with van der Waals surface area (Å²) in [6.07, 6.45) is 1.68. The number of benzene rings is 1. The standard InChI is InChI=1S/C19H27F2NO3S/c1-6-8-16(19(24)25-12(5)7-2)26-17-10-15(13(20)9-14(17)21)22-18(23)11(3)4/h9-12,16H,6-8H2,1-5H3,(H,22,23). The summed E-state index contributed by atoms with van der Waals surface area (Å²) in [5, 5.41) is 1.85. The van der Waals surface area contributed by atoms with Crippen molar-refractivity contribution in [3.8, 4) is 0 Å². The van der Waals surface area contributed by atoms with E-state index >= 15 is 0 Å². The molecule has 0 aliphatic heterocycles. The van der Waals surface area contributed by atoms with E-state index in [1.807, 2.05) is 13.8 Å². The third-order valence-electron chi connectivity index (χ3n) is 3.78. The van der Waals surface area contributed by atoms with Gasteiger partial charge in [0, 0.05) is 16.9 Å². The predicted octanol–water partition coefficient (Wildman–Crippen LogP) is 5.16. The molecular formula is C19H27F2NO3S. The van der Waals surface area contributed by atoms with Crippen LogP contribution < -0.4 is 5.32 Å². The van der Waals surface area contributed by atoms with Crippen LogP contribution in [0.25, 0.3) is 0 Å². The molecule has 0 heterocycles. The molecule has 4 nitrogen and oxygen atoms in total.